The number of aromatic nitrogens is 2. The van der Waals surface area contributed by atoms with E-state index in [4.69, 9.17) is 0 Å². The third kappa shape index (κ3) is 3.62. The number of H-pyrrole nitrogens is 1. The van der Waals surface area contributed by atoms with Gasteiger partial charge in [0, 0.05) is 34.7 Å². The average molecular weight is 485 g/mol. The maximum Gasteiger partial charge on any atom is 0.268 e. The summed E-state index contributed by atoms with van der Waals surface area (Å²) >= 11 is 0. The van der Waals surface area contributed by atoms with E-state index in [0.717, 1.165) is 32.9 Å². The maximum atomic E-state index is 13.5. The van der Waals surface area contributed by atoms with Crippen LogP contribution < -0.4 is 10.0 Å². The number of carbonyl (C=O) groups is 1. The lowest BCUT2D eigenvalue weighted by molar-refractivity contribution is 0.0949. The van der Waals surface area contributed by atoms with Crippen molar-refractivity contribution >= 4 is 37.7 Å². The third-order valence-electron chi connectivity index (χ3n) is 6.70. The molecule has 0 spiro atoms. The molecule has 0 fully saturated rings. The van der Waals surface area contributed by atoms with Crippen molar-refractivity contribution < 1.29 is 13.2 Å². The third-order valence-corrected chi connectivity index (χ3v) is 8.21. The lowest BCUT2D eigenvalue weighted by atomic mass is 9.97. The molecule has 5 aromatic rings. The highest BCUT2D eigenvalue weighted by molar-refractivity contribution is 7.89. The zero-order valence-electron chi connectivity index (χ0n) is 19.0. The first kappa shape index (κ1) is 21.6. The maximum absolute atomic E-state index is 13.5. The summed E-state index contributed by atoms with van der Waals surface area (Å²) in [4.78, 5) is 16.6. The van der Waals surface area contributed by atoms with Crippen molar-refractivity contribution in [2.45, 2.75) is 23.9 Å². The molecule has 0 saturated heterocycles. The smallest absolute Gasteiger partial charge is 0.268 e. The summed E-state index contributed by atoms with van der Waals surface area (Å²) in [7, 11) is -3.85. The summed E-state index contributed by atoms with van der Waals surface area (Å²) < 4.78 is 31.9. The Morgan fingerprint density at radius 3 is 2.51 bits per heavy atom. The van der Waals surface area contributed by atoms with Gasteiger partial charge in [-0.25, -0.2) is 13.1 Å². The first-order chi connectivity index (χ1) is 16.9. The molecule has 0 aliphatic carbocycles. The minimum Gasteiger partial charge on any atom is -0.350 e. The second kappa shape index (κ2) is 8.11. The standard InChI is InChI=1S/C27H24N4O3S/c1-17-10-12-19(13-11-17)35(33,34)30-22-16-28-27(32)25-24(20-7-3-4-8-21(20)29-25)26(22)31-15-14-18-6-2-5-9-23(18)31/h2-15,22,26,29-30H,16H2,1H3,(H,28,32)/t22-,26+/m0/s1. The van der Waals surface area contributed by atoms with Crippen molar-refractivity contribution in [1.82, 2.24) is 19.6 Å². The molecule has 3 N–H and O–H groups in total. The first-order valence-electron chi connectivity index (χ1n) is 11.5. The van der Waals surface area contributed by atoms with Gasteiger partial charge < -0.3 is 14.9 Å². The van der Waals surface area contributed by atoms with Gasteiger partial charge in [-0.3, -0.25) is 4.79 Å². The van der Waals surface area contributed by atoms with Gasteiger partial charge in [-0.15, -0.1) is 0 Å². The van der Waals surface area contributed by atoms with E-state index in [1.165, 1.54) is 0 Å². The summed E-state index contributed by atoms with van der Waals surface area (Å²) in [6.45, 7) is 2.05. The molecule has 7 nitrogen and oxygen atoms in total. The van der Waals surface area contributed by atoms with Gasteiger partial charge in [0.25, 0.3) is 5.91 Å². The Morgan fingerprint density at radius 1 is 0.943 bits per heavy atom. The Morgan fingerprint density at radius 2 is 1.69 bits per heavy atom. The molecule has 1 aliphatic heterocycles. The Kier molecular flexibility index (Phi) is 5.01. The molecule has 6 rings (SSSR count). The molecule has 8 heteroatoms. The van der Waals surface area contributed by atoms with E-state index in [2.05, 4.69) is 19.6 Å². The summed E-state index contributed by atoms with van der Waals surface area (Å²) in [6, 6.07) is 23.3. The van der Waals surface area contributed by atoms with Gasteiger partial charge in [-0.1, -0.05) is 54.1 Å². The van der Waals surface area contributed by atoms with Crippen LogP contribution in [-0.4, -0.2) is 36.5 Å². The van der Waals surface area contributed by atoms with E-state index in [0.29, 0.717) is 5.69 Å². The molecule has 1 amide bonds. The molecule has 3 heterocycles. The van der Waals surface area contributed by atoms with Gasteiger partial charge in [-0.2, -0.15) is 0 Å². The number of amides is 1. The van der Waals surface area contributed by atoms with Gasteiger partial charge in [0.15, 0.2) is 0 Å². The molecule has 0 bridgehead atoms. The molecule has 35 heavy (non-hydrogen) atoms. The molecule has 0 saturated carbocycles. The normalized spacial score (nSPS) is 18.4. The first-order valence-corrected chi connectivity index (χ1v) is 12.9. The summed E-state index contributed by atoms with van der Waals surface area (Å²) in [6.07, 6.45) is 1.96. The second-order valence-electron chi connectivity index (χ2n) is 8.94. The van der Waals surface area contributed by atoms with Crippen LogP contribution in [0.5, 0.6) is 0 Å². The number of hydrogen-bond acceptors (Lipinski definition) is 3. The molecule has 1 aliphatic rings. The zero-order chi connectivity index (χ0) is 24.2. The monoisotopic (exact) mass is 484 g/mol. The van der Waals surface area contributed by atoms with E-state index in [9.17, 15) is 13.2 Å². The lowest BCUT2D eigenvalue weighted by Crippen LogP contribution is -2.46. The fourth-order valence-corrected chi connectivity index (χ4v) is 6.27. The van der Waals surface area contributed by atoms with Crippen LogP contribution in [0, 0.1) is 6.92 Å². The van der Waals surface area contributed by atoms with Gasteiger partial charge in [0.2, 0.25) is 10.0 Å². The van der Waals surface area contributed by atoms with Gasteiger partial charge in [0.05, 0.1) is 17.0 Å². The van der Waals surface area contributed by atoms with Crippen molar-refractivity contribution in [2.75, 3.05) is 6.54 Å². The van der Waals surface area contributed by atoms with Gasteiger partial charge in [0.1, 0.15) is 5.69 Å². The molecule has 0 radical (unpaired) electrons. The van der Waals surface area contributed by atoms with E-state index < -0.39 is 22.1 Å². The molecular formula is C27H24N4O3S. The van der Waals surface area contributed by atoms with Crippen LogP contribution >= 0.6 is 0 Å². The Bertz CT molecular complexity index is 1680. The van der Waals surface area contributed by atoms with Crippen LogP contribution in [0.4, 0.5) is 0 Å². The second-order valence-corrected chi connectivity index (χ2v) is 10.7. The number of aromatic amines is 1. The van der Waals surface area contributed by atoms with E-state index in [1.54, 1.807) is 24.3 Å². The number of nitrogens with zero attached hydrogens (tertiary/aromatic N) is 1. The summed E-state index contributed by atoms with van der Waals surface area (Å²) in [5.74, 6) is -0.255. The van der Waals surface area contributed by atoms with Gasteiger partial charge in [-0.05, 0) is 42.6 Å². The van der Waals surface area contributed by atoms with Crippen LogP contribution in [0.2, 0.25) is 0 Å². The van der Waals surface area contributed by atoms with Crippen LogP contribution in [0.3, 0.4) is 0 Å². The fourth-order valence-electron chi connectivity index (χ4n) is 5.02. The van der Waals surface area contributed by atoms with Crippen LogP contribution in [0.25, 0.3) is 21.8 Å². The van der Waals surface area contributed by atoms with E-state index >= 15 is 0 Å². The lowest BCUT2D eigenvalue weighted by Gasteiger charge is -2.29. The molecule has 2 atom stereocenters. The Labute approximate surface area is 202 Å². The number of benzene rings is 3. The molecule has 3 aromatic carbocycles. The number of fused-ring (bicyclic) bond motifs is 4. The number of aryl methyl sites for hydroxylation is 1. The molecule has 2 aromatic heterocycles. The number of rotatable bonds is 4. The predicted octanol–water partition coefficient (Wildman–Crippen LogP) is 4.11. The minimum atomic E-state index is -3.85. The van der Waals surface area contributed by atoms with Crippen LogP contribution in [0.1, 0.15) is 27.7 Å². The largest absolute Gasteiger partial charge is 0.350 e. The van der Waals surface area contributed by atoms with E-state index in [-0.39, 0.29) is 17.3 Å². The predicted molar refractivity (Wildman–Crippen MR) is 136 cm³/mol. The number of nitrogens with one attached hydrogen (secondary N) is 3. The van der Waals surface area contributed by atoms with Crippen LogP contribution in [-0.2, 0) is 10.0 Å². The van der Waals surface area contributed by atoms with E-state index in [1.807, 2.05) is 67.7 Å². The number of para-hydroxylation sites is 2. The number of sulfonamides is 1. The highest BCUT2D eigenvalue weighted by Gasteiger charge is 2.37. The van der Waals surface area contributed by atoms with Crippen LogP contribution in [0.15, 0.2) is 90.0 Å². The highest BCUT2D eigenvalue weighted by Crippen LogP contribution is 2.37. The Balaban J connectivity index is 1.56. The zero-order valence-corrected chi connectivity index (χ0v) is 19.8. The van der Waals surface area contributed by atoms with Crippen molar-refractivity contribution in [1.29, 1.82) is 0 Å². The summed E-state index contributed by atoms with van der Waals surface area (Å²) in [5.41, 5.74) is 3.99. The number of hydrogen-bond donors (Lipinski definition) is 3. The number of carbonyl (C=O) groups excluding carboxylic acids is 1. The molecular weight excluding hydrogens is 460 g/mol. The topological polar surface area (TPSA) is 96.0 Å². The van der Waals surface area contributed by atoms with Crippen molar-refractivity contribution in [3.05, 3.63) is 102 Å². The van der Waals surface area contributed by atoms with Crippen molar-refractivity contribution in [3.63, 3.8) is 0 Å². The van der Waals surface area contributed by atoms with Crippen molar-refractivity contribution in [3.8, 4) is 0 Å². The summed E-state index contributed by atoms with van der Waals surface area (Å²) in [5, 5.41) is 4.85. The fraction of sp³-hybridized carbons (Fsp3) is 0.148. The SMILES string of the molecule is Cc1ccc(S(=O)(=O)N[C@H]2CNC(=O)c3[nH]c4ccccc4c3[C@@H]2n2ccc3ccccc32)cc1. The van der Waals surface area contributed by atoms with Gasteiger partial charge >= 0.3 is 0 Å². The minimum absolute atomic E-state index is 0.137. The quantitative estimate of drug-likeness (QED) is 0.358. The average Bonchev–Trinajstić information content (AvgIpc) is 3.42. The molecule has 176 valence electrons. The van der Waals surface area contributed by atoms with Crippen molar-refractivity contribution in [2.24, 2.45) is 0 Å². The Hall–Kier alpha value is -3.88. The highest BCUT2D eigenvalue weighted by atomic mass is 32.2. The molecule has 0 unspecified atom stereocenters.